The van der Waals surface area contributed by atoms with Crippen LogP contribution in [0, 0.1) is 6.92 Å². The van der Waals surface area contributed by atoms with E-state index in [0.717, 1.165) is 16.7 Å². The van der Waals surface area contributed by atoms with Crippen molar-refractivity contribution in [3.8, 4) is 11.5 Å². The summed E-state index contributed by atoms with van der Waals surface area (Å²) in [6.07, 6.45) is 3.28. The first-order valence-corrected chi connectivity index (χ1v) is 9.50. The number of hydrogen-bond acceptors (Lipinski definition) is 3. The largest absolute Gasteiger partial charge is 0.493 e. The molecule has 1 amide bonds. The van der Waals surface area contributed by atoms with E-state index in [9.17, 15) is 4.79 Å². The molecule has 0 bridgehead atoms. The predicted octanol–water partition coefficient (Wildman–Crippen LogP) is 4.91. The van der Waals surface area contributed by atoms with Gasteiger partial charge in [-0.2, -0.15) is 0 Å². The monoisotopic (exact) mass is 387 g/mol. The Bertz CT molecular complexity index is 963. The average molecular weight is 387 g/mol. The predicted molar refractivity (Wildman–Crippen MR) is 116 cm³/mol. The van der Waals surface area contributed by atoms with Crippen LogP contribution in [-0.4, -0.2) is 13.0 Å². The minimum atomic E-state index is -0.144. The molecule has 0 aromatic heterocycles. The van der Waals surface area contributed by atoms with Crippen molar-refractivity contribution < 1.29 is 14.3 Å². The van der Waals surface area contributed by atoms with E-state index >= 15 is 0 Å². The summed E-state index contributed by atoms with van der Waals surface area (Å²) < 4.78 is 11.3. The summed E-state index contributed by atoms with van der Waals surface area (Å²) in [5.74, 6) is 1.15. The van der Waals surface area contributed by atoms with Crippen LogP contribution in [0.5, 0.6) is 11.5 Å². The lowest BCUT2D eigenvalue weighted by Crippen LogP contribution is -2.20. The highest BCUT2D eigenvalue weighted by Gasteiger charge is 2.06. The Hall–Kier alpha value is -3.53. The highest BCUT2D eigenvalue weighted by atomic mass is 16.5. The van der Waals surface area contributed by atoms with Crippen LogP contribution in [-0.2, 0) is 17.9 Å². The number of aryl methyl sites for hydroxylation is 1. The fourth-order valence-corrected chi connectivity index (χ4v) is 2.77. The molecule has 148 valence electrons. The van der Waals surface area contributed by atoms with Gasteiger partial charge in [-0.1, -0.05) is 66.2 Å². The Morgan fingerprint density at radius 2 is 1.69 bits per heavy atom. The Morgan fingerprint density at radius 1 is 0.931 bits per heavy atom. The minimum absolute atomic E-state index is 0.144. The van der Waals surface area contributed by atoms with Crippen molar-refractivity contribution in [1.29, 1.82) is 0 Å². The van der Waals surface area contributed by atoms with Gasteiger partial charge in [0.1, 0.15) is 6.61 Å². The number of hydrogen-bond donors (Lipinski definition) is 1. The van der Waals surface area contributed by atoms with Crippen molar-refractivity contribution in [2.24, 2.45) is 0 Å². The quantitative estimate of drug-likeness (QED) is 0.559. The number of rotatable bonds is 8. The molecule has 0 aliphatic rings. The molecule has 0 saturated carbocycles. The third kappa shape index (κ3) is 6.25. The maximum atomic E-state index is 12.1. The van der Waals surface area contributed by atoms with Crippen molar-refractivity contribution in [2.45, 2.75) is 20.1 Å². The summed E-state index contributed by atoms with van der Waals surface area (Å²) in [5.41, 5.74) is 4.22. The zero-order valence-electron chi connectivity index (χ0n) is 16.7. The number of nitrogens with one attached hydrogen (secondary N) is 1. The molecular weight excluding hydrogens is 362 g/mol. The molecule has 4 heteroatoms. The van der Waals surface area contributed by atoms with Crippen LogP contribution in [0.3, 0.4) is 0 Å². The third-order valence-electron chi connectivity index (χ3n) is 4.44. The molecule has 3 aromatic carbocycles. The molecular formula is C25H25NO3. The topological polar surface area (TPSA) is 47.6 Å². The zero-order chi connectivity index (χ0) is 20.5. The van der Waals surface area contributed by atoms with Crippen LogP contribution in [0.2, 0.25) is 0 Å². The number of benzene rings is 3. The van der Waals surface area contributed by atoms with Gasteiger partial charge in [-0.05, 0) is 41.8 Å². The van der Waals surface area contributed by atoms with Gasteiger partial charge in [-0.15, -0.1) is 0 Å². The fourth-order valence-electron chi connectivity index (χ4n) is 2.77. The third-order valence-corrected chi connectivity index (χ3v) is 4.44. The molecule has 3 aromatic rings. The Balaban J connectivity index is 1.57. The van der Waals surface area contributed by atoms with Gasteiger partial charge in [0.25, 0.3) is 0 Å². The average Bonchev–Trinajstić information content (AvgIpc) is 2.76. The van der Waals surface area contributed by atoms with Crippen LogP contribution >= 0.6 is 0 Å². The summed E-state index contributed by atoms with van der Waals surface area (Å²) in [7, 11) is 1.60. The van der Waals surface area contributed by atoms with Crippen molar-refractivity contribution in [3.63, 3.8) is 0 Å². The molecule has 4 nitrogen and oxygen atoms in total. The van der Waals surface area contributed by atoms with E-state index in [-0.39, 0.29) is 5.91 Å². The van der Waals surface area contributed by atoms with Gasteiger partial charge in [0.05, 0.1) is 7.11 Å². The molecule has 3 rings (SSSR count). The number of amides is 1. The maximum Gasteiger partial charge on any atom is 0.244 e. The molecule has 0 spiro atoms. The van der Waals surface area contributed by atoms with E-state index in [1.807, 2.05) is 79.7 Å². The van der Waals surface area contributed by atoms with Crippen LogP contribution in [0.1, 0.15) is 22.3 Å². The molecule has 0 atom stereocenters. The molecule has 0 aliphatic heterocycles. The number of methoxy groups -OCH3 is 1. The van der Waals surface area contributed by atoms with Crippen molar-refractivity contribution >= 4 is 12.0 Å². The van der Waals surface area contributed by atoms with Gasteiger partial charge in [0, 0.05) is 12.6 Å². The molecule has 0 heterocycles. The first kappa shape index (κ1) is 20.2. The molecule has 0 aliphatic carbocycles. The van der Waals surface area contributed by atoms with Crippen molar-refractivity contribution in [2.75, 3.05) is 7.11 Å². The first-order valence-electron chi connectivity index (χ1n) is 9.50. The summed E-state index contributed by atoms with van der Waals surface area (Å²) in [4.78, 5) is 12.1. The molecule has 0 fully saturated rings. The lowest BCUT2D eigenvalue weighted by molar-refractivity contribution is -0.116. The highest BCUT2D eigenvalue weighted by molar-refractivity contribution is 5.91. The van der Waals surface area contributed by atoms with Crippen LogP contribution in [0.15, 0.2) is 78.9 Å². The van der Waals surface area contributed by atoms with E-state index in [2.05, 4.69) is 5.32 Å². The van der Waals surface area contributed by atoms with Crippen LogP contribution in [0.25, 0.3) is 6.08 Å². The van der Waals surface area contributed by atoms with Crippen LogP contribution < -0.4 is 14.8 Å². The highest BCUT2D eigenvalue weighted by Crippen LogP contribution is 2.29. The second-order valence-corrected chi connectivity index (χ2v) is 6.72. The normalized spacial score (nSPS) is 10.7. The van der Waals surface area contributed by atoms with Gasteiger partial charge in [0.15, 0.2) is 11.5 Å². The van der Waals surface area contributed by atoms with E-state index in [0.29, 0.717) is 24.7 Å². The van der Waals surface area contributed by atoms with E-state index in [4.69, 9.17) is 9.47 Å². The summed E-state index contributed by atoms with van der Waals surface area (Å²) >= 11 is 0. The maximum absolute atomic E-state index is 12.1. The summed E-state index contributed by atoms with van der Waals surface area (Å²) in [6.45, 7) is 3.00. The Kier molecular flexibility index (Phi) is 7.06. The van der Waals surface area contributed by atoms with E-state index in [1.165, 1.54) is 11.6 Å². The fraction of sp³-hybridized carbons (Fsp3) is 0.160. The zero-order valence-corrected chi connectivity index (χ0v) is 16.7. The van der Waals surface area contributed by atoms with Crippen molar-refractivity contribution in [1.82, 2.24) is 5.32 Å². The lowest BCUT2D eigenvalue weighted by atomic mass is 10.1. The second kappa shape index (κ2) is 10.1. The second-order valence-electron chi connectivity index (χ2n) is 6.72. The smallest absolute Gasteiger partial charge is 0.244 e. The molecule has 0 saturated heterocycles. The van der Waals surface area contributed by atoms with Gasteiger partial charge in [-0.25, -0.2) is 0 Å². The van der Waals surface area contributed by atoms with E-state index in [1.54, 1.807) is 13.2 Å². The lowest BCUT2D eigenvalue weighted by Gasteiger charge is -2.11. The number of carbonyl (C=O) groups excluding carboxylic acids is 1. The summed E-state index contributed by atoms with van der Waals surface area (Å²) in [6, 6.07) is 23.6. The standard InChI is InChI=1S/C25H25NO3/c1-19-8-10-21(11-9-19)17-26-25(27)15-13-20-12-14-23(24(16-20)28-2)29-18-22-6-4-3-5-7-22/h3-16H,17-18H2,1-2H3,(H,26,27). The molecule has 1 N–H and O–H groups in total. The molecule has 0 unspecified atom stereocenters. The van der Waals surface area contributed by atoms with Crippen LogP contribution in [0.4, 0.5) is 0 Å². The summed E-state index contributed by atoms with van der Waals surface area (Å²) in [5, 5.41) is 2.89. The Morgan fingerprint density at radius 3 is 2.41 bits per heavy atom. The minimum Gasteiger partial charge on any atom is -0.493 e. The first-order chi connectivity index (χ1) is 14.1. The Labute approximate surface area is 171 Å². The van der Waals surface area contributed by atoms with Gasteiger partial charge >= 0.3 is 0 Å². The van der Waals surface area contributed by atoms with Crippen molar-refractivity contribution in [3.05, 3.63) is 101 Å². The number of ether oxygens (including phenoxy) is 2. The number of carbonyl (C=O) groups is 1. The molecule has 29 heavy (non-hydrogen) atoms. The van der Waals surface area contributed by atoms with Gasteiger partial charge in [-0.3, -0.25) is 4.79 Å². The van der Waals surface area contributed by atoms with E-state index < -0.39 is 0 Å². The van der Waals surface area contributed by atoms with Gasteiger partial charge < -0.3 is 14.8 Å². The SMILES string of the molecule is COc1cc(C=CC(=O)NCc2ccc(C)cc2)ccc1OCc1ccccc1. The molecule has 0 radical (unpaired) electrons. The van der Waals surface area contributed by atoms with Gasteiger partial charge in [0.2, 0.25) is 5.91 Å².